The predicted octanol–water partition coefficient (Wildman–Crippen LogP) is 2.33. The van der Waals surface area contributed by atoms with Crippen molar-refractivity contribution in [1.29, 1.82) is 0 Å². The summed E-state index contributed by atoms with van der Waals surface area (Å²) in [6.45, 7) is 1.91. The van der Waals surface area contributed by atoms with Gasteiger partial charge in [0.2, 0.25) is 5.91 Å². The number of hydrogen-bond acceptors (Lipinski definition) is 4. The summed E-state index contributed by atoms with van der Waals surface area (Å²) in [5, 5.41) is 2.86. The first-order chi connectivity index (χ1) is 13.4. The smallest absolute Gasteiger partial charge is 0.265 e. The Kier molecular flexibility index (Phi) is 6.24. The Hall–Kier alpha value is -2.54. The summed E-state index contributed by atoms with van der Waals surface area (Å²) in [6.07, 6.45) is 2.72. The number of fused-ring (bicyclic) bond motifs is 1. The molecule has 0 aromatic heterocycles. The topological polar surface area (TPSA) is 102 Å². The fourth-order valence-corrected chi connectivity index (χ4v) is 3.85. The molecule has 1 aliphatic heterocycles. The van der Waals surface area contributed by atoms with Gasteiger partial charge in [0.05, 0.1) is 17.9 Å². The standard InChI is InChI=1S/C20H20IN3O4/c1-2-3-8-24-16-10-15(14(21)9-17(16)28-11-18(24)25)23-20(27)13-7-5-4-6-12(13)19(22)26/h9-10H,4-8,11H2,1H3,(H2,22,26)(H,23,27). The van der Waals surface area contributed by atoms with Gasteiger partial charge in [-0.05, 0) is 67.3 Å². The van der Waals surface area contributed by atoms with Crippen LogP contribution in [0.1, 0.15) is 32.6 Å². The molecular formula is C20H20IN3O4. The molecule has 146 valence electrons. The number of nitrogens with two attached hydrogens (primary N) is 1. The van der Waals surface area contributed by atoms with E-state index in [9.17, 15) is 14.4 Å². The summed E-state index contributed by atoms with van der Waals surface area (Å²) >= 11 is 2.10. The summed E-state index contributed by atoms with van der Waals surface area (Å²) in [6, 6.07) is 3.48. The Morgan fingerprint density at radius 2 is 2.00 bits per heavy atom. The zero-order valence-corrected chi connectivity index (χ0v) is 17.6. The molecule has 1 aromatic rings. The lowest BCUT2D eigenvalue weighted by Gasteiger charge is -2.29. The predicted molar refractivity (Wildman–Crippen MR) is 114 cm³/mol. The molecule has 8 heteroatoms. The number of halogens is 1. The minimum atomic E-state index is -0.548. The lowest BCUT2D eigenvalue weighted by molar-refractivity contribution is -0.121. The van der Waals surface area contributed by atoms with Crippen LogP contribution in [0.15, 0.2) is 23.3 Å². The normalized spacial score (nSPS) is 15.9. The van der Waals surface area contributed by atoms with Gasteiger partial charge in [0.15, 0.2) is 6.61 Å². The number of ether oxygens (including phenoxy) is 1. The third kappa shape index (κ3) is 4.14. The Labute approximate surface area is 176 Å². The zero-order valence-electron chi connectivity index (χ0n) is 15.4. The highest BCUT2D eigenvalue weighted by Gasteiger charge is 2.28. The fourth-order valence-electron chi connectivity index (χ4n) is 3.27. The molecule has 0 spiro atoms. The second kappa shape index (κ2) is 8.65. The quantitative estimate of drug-likeness (QED) is 0.497. The summed E-state index contributed by atoms with van der Waals surface area (Å²) < 4.78 is 6.29. The van der Waals surface area contributed by atoms with Gasteiger partial charge in [-0.25, -0.2) is 0 Å². The Morgan fingerprint density at radius 1 is 1.29 bits per heavy atom. The molecule has 3 N–H and O–H groups in total. The van der Waals surface area contributed by atoms with Crippen molar-refractivity contribution in [2.45, 2.75) is 32.6 Å². The van der Waals surface area contributed by atoms with Crippen LogP contribution in [0.3, 0.4) is 0 Å². The molecule has 0 saturated carbocycles. The van der Waals surface area contributed by atoms with E-state index in [1.807, 2.05) is 0 Å². The monoisotopic (exact) mass is 493 g/mol. The molecule has 28 heavy (non-hydrogen) atoms. The Morgan fingerprint density at radius 3 is 2.68 bits per heavy atom. The molecule has 1 heterocycles. The third-order valence-corrected chi connectivity index (χ3v) is 5.59. The van der Waals surface area contributed by atoms with Crippen LogP contribution in [0.2, 0.25) is 0 Å². The average Bonchev–Trinajstić information content (AvgIpc) is 2.68. The van der Waals surface area contributed by atoms with E-state index in [2.05, 4.69) is 39.7 Å². The van der Waals surface area contributed by atoms with Crippen molar-refractivity contribution in [3.05, 3.63) is 26.8 Å². The summed E-state index contributed by atoms with van der Waals surface area (Å²) in [7, 11) is 0. The van der Waals surface area contributed by atoms with E-state index in [0.717, 1.165) is 16.4 Å². The van der Waals surface area contributed by atoms with Gasteiger partial charge in [-0.1, -0.05) is 5.92 Å². The fraction of sp³-hybridized carbons (Fsp3) is 0.350. The number of nitrogens with zero attached hydrogens (tertiary/aromatic N) is 1. The Bertz CT molecular complexity index is 943. The van der Waals surface area contributed by atoms with Crippen molar-refractivity contribution in [3.63, 3.8) is 0 Å². The van der Waals surface area contributed by atoms with Crippen LogP contribution in [-0.4, -0.2) is 30.9 Å². The summed E-state index contributed by atoms with van der Waals surface area (Å²) in [4.78, 5) is 38.2. The van der Waals surface area contributed by atoms with E-state index < -0.39 is 5.91 Å². The number of rotatable bonds is 4. The number of amides is 3. The maximum absolute atomic E-state index is 12.8. The van der Waals surface area contributed by atoms with E-state index in [1.54, 1.807) is 19.1 Å². The van der Waals surface area contributed by atoms with Gasteiger partial charge in [0.1, 0.15) is 5.75 Å². The molecule has 0 radical (unpaired) electrons. The van der Waals surface area contributed by atoms with E-state index in [-0.39, 0.29) is 25.0 Å². The number of carbonyl (C=O) groups is 3. The molecule has 0 saturated heterocycles. The molecule has 2 aliphatic rings. The first-order valence-electron chi connectivity index (χ1n) is 8.92. The highest BCUT2D eigenvalue weighted by atomic mass is 127. The number of primary amides is 1. The van der Waals surface area contributed by atoms with Gasteiger partial charge in [0.25, 0.3) is 11.8 Å². The highest BCUT2D eigenvalue weighted by Crippen LogP contribution is 2.38. The SMILES string of the molecule is CC#CCN1C(=O)COc2cc(I)c(NC(=O)C3=C(C(N)=O)CCCC3)cc21. The molecule has 1 aromatic carbocycles. The highest BCUT2D eigenvalue weighted by molar-refractivity contribution is 14.1. The van der Waals surface area contributed by atoms with Crippen molar-refractivity contribution in [2.24, 2.45) is 5.73 Å². The van der Waals surface area contributed by atoms with Gasteiger partial charge >= 0.3 is 0 Å². The zero-order chi connectivity index (χ0) is 20.3. The van der Waals surface area contributed by atoms with Crippen LogP contribution in [0.5, 0.6) is 5.75 Å². The number of carbonyl (C=O) groups excluding carboxylic acids is 3. The van der Waals surface area contributed by atoms with Crippen molar-refractivity contribution < 1.29 is 19.1 Å². The lowest BCUT2D eigenvalue weighted by Crippen LogP contribution is -2.39. The number of nitrogens with one attached hydrogen (secondary N) is 1. The average molecular weight is 493 g/mol. The van der Waals surface area contributed by atoms with Crippen LogP contribution >= 0.6 is 22.6 Å². The van der Waals surface area contributed by atoms with Crippen molar-refractivity contribution in [1.82, 2.24) is 0 Å². The van der Waals surface area contributed by atoms with Gasteiger partial charge in [-0.3, -0.25) is 19.3 Å². The maximum Gasteiger partial charge on any atom is 0.265 e. The van der Waals surface area contributed by atoms with Gasteiger partial charge < -0.3 is 15.8 Å². The van der Waals surface area contributed by atoms with E-state index in [4.69, 9.17) is 10.5 Å². The van der Waals surface area contributed by atoms with E-state index in [1.165, 1.54) is 4.90 Å². The van der Waals surface area contributed by atoms with Crippen molar-refractivity contribution >= 4 is 51.7 Å². The van der Waals surface area contributed by atoms with E-state index >= 15 is 0 Å². The van der Waals surface area contributed by atoms with Crippen LogP contribution in [0.25, 0.3) is 0 Å². The summed E-state index contributed by atoms with van der Waals surface area (Å²) in [5.41, 5.74) is 7.37. The molecule has 0 fully saturated rings. The first kappa shape index (κ1) is 20.2. The Balaban J connectivity index is 1.93. The second-order valence-corrected chi connectivity index (χ2v) is 7.64. The number of anilines is 2. The second-order valence-electron chi connectivity index (χ2n) is 6.48. The van der Waals surface area contributed by atoms with Crippen LogP contribution in [-0.2, 0) is 14.4 Å². The molecule has 0 atom stereocenters. The molecule has 0 bridgehead atoms. The largest absolute Gasteiger partial charge is 0.482 e. The van der Waals surface area contributed by atoms with Crippen LogP contribution in [0.4, 0.5) is 11.4 Å². The first-order valence-corrected chi connectivity index (χ1v) is 9.99. The van der Waals surface area contributed by atoms with Crippen LogP contribution < -0.4 is 20.7 Å². The van der Waals surface area contributed by atoms with E-state index in [0.29, 0.717) is 41.1 Å². The number of benzene rings is 1. The third-order valence-electron chi connectivity index (χ3n) is 4.69. The molecule has 1 aliphatic carbocycles. The number of hydrogen-bond donors (Lipinski definition) is 2. The van der Waals surface area contributed by atoms with Gasteiger partial charge in [-0.15, -0.1) is 5.92 Å². The molecule has 7 nitrogen and oxygen atoms in total. The molecular weight excluding hydrogens is 473 g/mol. The maximum atomic E-state index is 12.8. The van der Waals surface area contributed by atoms with Crippen molar-refractivity contribution in [3.8, 4) is 17.6 Å². The molecule has 3 amide bonds. The van der Waals surface area contributed by atoms with Gasteiger partial charge in [0, 0.05) is 14.7 Å². The van der Waals surface area contributed by atoms with Gasteiger partial charge in [-0.2, -0.15) is 0 Å². The lowest BCUT2D eigenvalue weighted by atomic mass is 9.90. The minimum Gasteiger partial charge on any atom is -0.482 e. The molecule has 3 rings (SSSR count). The molecule has 0 unspecified atom stereocenters. The summed E-state index contributed by atoms with van der Waals surface area (Å²) in [5.74, 6) is 5.15. The van der Waals surface area contributed by atoms with Crippen LogP contribution in [0, 0.1) is 15.4 Å². The minimum absolute atomic E-state index is 0.0466. The van der Waals surface area contributed by atoms with Crippen molar-refractivity contribution in [2.75, 3.05) is 23.4 Å².